The van der Waals surface area contributed by atoms with Crippen LogP contribution in [0, 0.1) is 0 Å². The zero-order valence-electron chi connectivity index (χ0n) is 14.5. The molecule has 0 saturated heterocycles. The number of allylic oxidation sites excluding steroid dienone is 1. The smallest absolute Gasteiger partial charge is 0.183 e. The van der Waals surface area contributed by atoms with Crippen LogP contribution >= 0.6 is 11.6 Å². The summed E-state index contributed by atoms with van der Waals surface area (Å²) in [7, 11) is -3.07. The minimum atomic E-state index is -1.54. The largest absolute Gasteiger partial charge is 0.390 e. The molecule has 0 amide bonds. The summed E-state index contributed by atoms with van der Waals surface area (Å²) in [5.41, 5.74) is 0. The third-order valence-corrected chi connectivity index (χ3v) is 10.9. The Hall–Kier alpha value is 0.0538. The highest BCUT2D eigenvalue weighted by molar-refractivity contribution is 6.55. The number of halogens is 1. The number of hydrogen-bond acceptors (Lipinski definition) is 3. The van der Waals surface area contributed by atoms with Crippen molar-refractivity contribution in [1.82, 2.24) is 0 Å². The maximum Gasteiger partial charge on any atom is 0.183 e. The molecule has 3 nitrogen and oxygen atoms in total. The van der Waals surface area contributed by atoms with Crippen molar-refractivity contribution in [3.63, 3.8) is 0 Å². The van der Waals surface area contributed by atoms with Crippen molar-refractivity contribution in [2.24, 2.45) is 0 Å². The molecule has 0 saturated carbocycles. The molecule has 1 aliphatic carbocycles. The lowest BCUT2D eigenvalue weighted by molar-refractivity contribution is -0.125. The van der Waals surface area contributed by atoms with Gasteiger partial charge in [-0.15, -0.1) is 0 Å². The average Bonchev–Trinajstić information content (AvgIpc) is 2.51. The lowest BCUT2D eigenvalue weighted by atomic mass is 10.2. The van der Waals surface area contributed by atoms with E-state index < -0.39 is 23.9 Å². The van der Waals surface area contributed by atoms with E-state index in [1.54, 1.807) is 6.08 Å². The Morgan fingerprint density at radius 3 is 1.67 bits per heavy atom. The van der Waals surface area contributed by atoms with Crippen molar-refractivity contribution < 1.29 is 13.6 Å². The molecule has 2 unspecified atom stereocenters. The van der Waals surface area contributed by atoms with Crippen LogP contribution < -0.4 is 0 Å². The summed E-state index contributed by atoms with van der Waals surface area (Å²) < 4.78 is 12.7. The zero-order chi connectivity index (χ0) is 16.6. The van der Waals surface area contributed by atoms with Crippen molar-refractivity contribution >= 4 is 35.5 Å². The maximum atomic E-state index is 11.9. The third kappa shape index (κ3) is 5.03. The highest BCUT2D eigenvalue weighted by Crippen LogP contribution is 2.40. The first-order chi connectivity index (χ1) is 9.27. The van der Waals surface area contributed by atoms with E-state index in [-0.39, 0.29) is 27.3 Å². The van der Waals surface area contributed by atoms with Crippen molar-refractivity contribution in [3.8, 4) is 0 Å². The second kappa shape index (κ2) is 6.28. The van der Waals surface area contributed by atoms with Crippen LogP contribution in [0.5, 0.6) is 0 Å². The Labute approximate surface area is 137 Å². The van der Waals surface area contributed by atoms with E-state index in [1.165, 1.54) is 0 Å². The van der Waals surface area contributed by atoms with E-state index in [9.17, 15) is 4.79 Å². The minimum absolute atomic E-state index is 0.0816. The quantitative estimate of drug-likeness (QED) is 0.566. The third-order valence-electron chi connectivity index (χ3n) is 4.21. The molecular weight excluding hydrogens is 320 g/mol. The molecule has 1 rings (SSSR count). The summed E-state index contributed by atoms with van der Waals surface area (Å²) in [6.07, 6.45) is 1.91. The molecule has 0 aliphatic heterocycles. The SMILES string of the molecule is C[SiH](OC1(O[SiH](C)C(C)(C)C)C=C(Cl)C(=O)C1)C(C)(C)C. The molecule has 0 aromatic rings. The summed E-state index contributed by atoms with van der Waals surface area (Å²) in [6.45, 7) is 17.3. The van der Waals surface area contributed by atoms with Crippen molar-refractivity contribution in [1.29, 1.82) is 0 Å². The maximum absolute atomic E-state index is 11.9. The Morgan fingerprint density at radius 1 is 1.05 bits per heavy atom. The normalized spacial score (nSPS) is 26.7. The molecule has 6 heteroatoms. The van der Waals surface area contributed by atoms with Gasteiger partial charge in [0.05, 0.1) is 11.5 Å². The minimum Gasteiger partial charge on any atom is -0.390 e. The van der Waals surface area contributed by atoms with E-state index in [1.807, 2.05) is 0 Å². The first-order valence-corrected chi connectivity index (χ1v) is 12.3. The van der Waals surface area contributed by atoms with Gasteiger partial charge in [0.1, 0.15) is 0 Å². The number of ketones is 1. The lowest BCUT2D eigenvalue weighted by Crippen LogP contribution is -2.46. The summed E-state index contributed by atoms with van der Waals surface area (Å²) >= 11 is 6.02. The Balaban J connectivity index is 3.01. The fraction of sp³-hybridized carbons (Fsp3) is 0.800. The van der Waals surface area contributed by atoms with Crippen LogP contribution in [0.15, 0.2) is 11.1 Å². The van der Waals surface area contributed by atoms with Crippen LogP contribution in [0.4, 0.5) is 0 Å². The fourth-order valence-electron chi connectivity index (χ4n) is 1.76. The first kappa shape index (κ1) is 19.1. The second-order valence-corrected chi connectivity index (χ2v) is 15.1. The van der Waals surface area contributed by atoms with Gasteiger partial charge in [-0.1, -0.05) is 53.1 Å². The number of Topliss-reactive ketones (excluding diaryl/α,β-unsaturated/α-hetero) is 1. The van der Waals surface area contributed by atoms with Crippen LogP contribution in [0.25, 0.3) is 0 Å². The Kier molecular flexibility index (Phi) is 5.71. The molecule has 0 aromatic carbocycles. The van der Waals surface area contributed by atoms with Crippen molar-refractivity contribution in [3.05, 3.63) is 11.1 Å². The van der Waals surface area contributed by atoms with Gasteiger partial charge in [-0.2, -0.15) is 0 Å². The van der Waals surface area contributed by atoms with Gasteiger partial charge in [0, 0.05) is 0 Å². The van der Waals surface area contributed by atoms with Gasteiger partial charge in [0.25, 0.3) is 0 Å². The average molecular weight is 349 g/mol. The summed E-state index contributed by atoms with van der Waals surface area (Å²) in [5, 5.41) is 0.462. The van der Waals surface area contributed by atoms with E-state index >= 15 is 0 Å². The van der Waals surface area contributed by atoms with Gasteiger partial charge in [0.15, 0.2) is 29.7 Å². The van der Waals surface area contributed by atoms with Crippen LogP contribution in [0.2, 0.25) is 23.2 Å². The monoisotopic (exact) mass is 348 g/mol. The molecule has 0 heterocycles. The van der Waals surface area contributed by atoms with E-state index in [0.717, 1.165) is 0 Å². The first-order valence-electron chi connectivity index (χ1n) is 7.54. The summed E-state index contributed by atoms with van der Waals surface area (Å²) in [4.78, 5) is 11.9. The highest BCUT2D eigenvalue weighted by atomic mass is 35.5. The number of carbonyl (C=O) groups excluding carboxylic acids is 1. The van der Waals surface area contributed by atoms with E-state index in [2.05, 4.69) is 54.6 Å². The van der Waals surface area contributed by atoms with Gasteiger partial charge in [0.2, 0.25) is 0 Å². The highest BCUT2D eigenvalue weighted by Gasteiger charge is 2.45. The predicted molar refractivity (Wildman–Crippen MR) is 93.9 cm³/mol. The van der Waals surface area contributed by atoms with Crippen molar-refractivity contribution in [2.75, 3.05) is 0 Å². The molecule has 0 fully saturated rings. The summed E-state index contributed by atoms with van der Waals surface area (Å²) in [5.74, 6) is -1.01. The summed E-state index contributed by atoms with van der Waals surface area (Å²) in [6, 6.07) is 0. The molecule has 2 atom stereocenters. The predicted octanol–water partition coefficient (Wildman–Crippen LogP) is 4.12. The Morgan fingerprint density at radius 2 is 1.43 bits per heavy atom. The second-order valence-electron chi connectivity index (χ2n) is 8.16. The van der Waals surface area contributed by atoms with E-state index in [0.29, 0.717) is 0 Å². The number of rotatable bonds is 4. The molecule has 0 bridgehead atoms. The number of hydrogen-bond donors (Lipinski definition) is 0. The molecule has 0 radical (unpaired) electrons. The number of carbonyl (C=O) groups is 1. The molecule has 1 aliphatic rings. The zero-order valence-corrected chi connectivity index (χ0v) is 17.6. The van der Waals surface area contributed by atoms with Crippen LogP contribution in [-0.2, 0) is 13.6 Å². The topological polar surface area (TPSA) is 35.5 Å². The van der Waals surface area contributed by atoms with Gasteiger partial charge >= 0.3 is 0 Å². The molecule has 0 aromatic heterocycles. The van der Waals surface area contributed by atoms with Crippen LogP contribution in [0.1, 0.15) is 48.0 Å². The van der Waals surface area contributed by atoms with Gasteiger partial charge in [-0.3, -0.25) is 4.79 Å². The Bertz CT molecular complexity index is 413. The van der Waals surface area contributed by atoms with Crippen LogP contribution in [0.3, 0.4) is 0 Å². The standard InChI is InChI=1S/C15H29ClO3Si2/c1-13(2,3)20(7)18-15(9-11(16)12(17)10-15)19-21(8)14(4,5)6/h9,20-21H,10H2,1-8H3. The van der Waals surface area contributed by atoms with Gasteiger partial charge in [-0.05, 0) is 29.2 Å². The molecule has 0 spiro atoms. The molecule has 21 heavy (non-hydrogen) atoms. The molecular formula is C15H29ClO3Si2. The van der Waals surface area contributed by atoms with Gasteiger partial charge < -0.3 is 8.85 Å². The molecule has 122 valence electrons. The van der Waals surface area contributed by atoms with Crippen molar-refractivity contribution in [2.45, 2.75) is 76.9 Å². The fourth-order valence-corrected chi connectivity index (χ4v) is 4.43. The van der Waals surface area contributed by atoms with Crippen LogP contribution in [-0.4, -0.2) is 29.7 Å². The molecule has 0 N–H and O–H groups in total. The van der Waals surface area contributed by atoms with E-state index in [4.69, 9.17) is 20.5 Å². The van der Waals surface area contributed by atoms with Gasteiger partial charge in [-0.25, -0.2) is 0 Å². The lowest BCUT2D eigenvalue weighted by Gasteiger charge is -2.40.